The third kappa shape index (κ3) is 8.04. The van der Waals surface area contributed by atoms with Gasteiger partial charge in [0.05, 0.1) is 6.10 Å². The standard InChI is InChI=1S/C12H24O/c1-4-5-6-7-8-9-10-12(13)11(2)3/h8-9,11-13H,4-7,10H2,1-3H3/b9-8+. The van der Waals surface area contributed by atoms with Crippen molar-refractivity contribution in [3.8, 4) is 0 Å². The number of hydrogen-bond acceptors (Lipinski definition) is 1. The normalized spacial score (nSPS) is 14.2. The number of rotatable bonds is 7. The first-order valence-corrected chi connectivity index (χ1v) is 5.51. The second-order valence-corrected chi connectivity index (χ2v) is 4.01. The minimum absolute atomic E-state index is 0.164. The average Bonchev–Trinajstić information content (AvgIpc) is 2.10. The molecule has 0 radical (unpaired) electrons. The molecule has 0 aliphatic heterocycles. The summed E-state index contributed by atoms with van der Waals surface area (Å²) in [6, 6.07) is 0. The molecule has 0 rings (SSSR count). The van der Waals surface area contributed by atoms with E-state index in [-0.39, 0.29) is 6.10 Å². The molecule has 1 unspecified atom stereocenters. The van der Waals surface area contributed by atoms with Crippen LogP contribution in [0.15, 0.2) is 12.2 Å². The molecule has 0 aliphatic carbocycles. The van der Waals surface area contributed by atoms with Crippen LogP contribution in [0.2, 0.25) is 0 Å². The van der Waals surface area contributed by atoms with Gasteiger partial charge in [0.1, 0.15) is 0 Å². The van der Waals surface area contributed by atoms with Crippen LogP contribution < -0.4 is 0 Å². The van der Waals surface area contributed by atoms with E-state index < -0.39 is 0 Å². The van der Waals surface area contributed by atoms with E-state index in [1.807, 2.05) is 0 Å². The summed E-state index contributed by atoms with van der Waals surface area (Å²) >= 11 is 0. The lowest BCUT2D eigenvalue weighted by molar-refractivity contribution is 0.128. The molecule has 1 nitrogen and oxygen atoms in total. The molecule has 0 aromatic heterocycles. The predicted molar refractivity (Wildman–Crippen MR) is 58.7 cm³/mol. The molecule has 0 aliphatic rings. The maximum atomic E-state index is 9.48. The first-order chi connectivity index (χ1) is 6.18. The average molecular weight is 184 g/mol. The van der Waals surface area contributed by atoms with E-state index in [1.54, 1.807) is 0 Å². The van der Waals surface area contributed by atoms with Gasteiger partial charge in [-0.2, -0.15) is 0 Å². The van der Waals surface area contributed by atoms with Gasteiger partial charge < -0.3 is 5.11 Å². The summed E-state index contributed by atoms with van der Waals surface area (Å²) in [6.07, 6.45) is 10.00. The van der Waals surface area contributed by atoms with E-state index in [0.29, 0.717) is 5.92 Å². The molecule has 0 saturated carbocycles. The molecule has 1 atom stereocenters. The van der Waals surface area contributed by atoms with Crippen LogP contribution in [0.1, 0.15) is 52.9 Å². The topological polar surface area (TPSA) is 20.2 Å². The fraction of sp³-hybridized carbons (Fsp3) is 0.833. The van der Waals surface area contributed by atoms with Gasteiger partial charge in [-0.25, -0.2) is 0 Å². The van der Waals surface area contributed by atoms with Crippen molar-refractivity contribution >= 4 is 0 Å². The summed E-state index contributed by atoms with van der Waals surface area (Å²) in [5.74, 6) is 0.375. The highest BCUT2D eigenvalue weighted by atomic mass is 16.3. The molecule has 0 bridgehead atoms. The van der Waals surface area contributed by atoms with Crippen LogP contribution in [0, 0.1) is 5.92 Å². The maximum Gasteiger partial charge on any atom is 0.0597 e. The smallest absolute Gasteiger partial charge is 0.0597 e. The lowest BCUT2D eigenvalue weighted by Crippen LogP contribution is -2.12. The number of allylic oxidation sites excluding steroid dienone is 1. The van der Waals surface area contributed by atoms with Crippen LogP contribution in [-0.4, -0.2) is 11.2 Å². The van der Waals surface area contributed by atoms with Gasteiger partial charge in [-0.1, -0.05) is 45.8 Å². The zero-order chi connectivity index (χ0) is 10.1. The Bertz CT molecular complexity index is 127. The zero-order valence-electron chi connectivity index (χ0n) is 9.29. The molecule has 0 fully saturated rings. The van der Waals surface area contributed by atoms with Gasteiger partial charge in [0.2, 0.25) is 0 Å². The van der Waals surface area contributed by atoms with E-state index >= 15 is 0 Å². The van der Waals surface area contributed by atoms with Gasteiger partial charge in [0, 0.05) is 0 Å². The Balaban J connectivity index is 3.30. The Morgan fingerprint density at radius 3 is 2.38 bits per heavy atom. The fourth-order valence-corrected chi connectivity index (χ4v) is 1.14. The molecular formula is C12H24O. The molecule has 0 saturated heterocycles. The summed E-state index contributed by atoms with van der Waals surface area (Å²) < 4.78 is 0. The van der Waals surface area contributed by atoms with Crippen LogP contribution in [-0.2, 0) is 0 Å². The molecule has 13 heavy (non-hydrogen) atoms. The van der Waals surface area contributed by atoms with Gasteiger partial charge >= 0.3 is 0 Å². The zero-order valence-corrected chi connectivity index (χ0v) is 9.29. The first kappa shape index (κ1) is 12.7. The Morgan fingerprint density at radius 1 is 1.15 bits per heavy atom. The quantitative estimate of drug-likeness (QED) is 0.474. The Hall–Kier alpha value is -0.300. The summed E-state index contributed by atoms with van der Waals surface area (Å²) in [5, 5.41) is 9.48. The van der Waals surface area contributed by atoms with Gasteiger partial charge in [-0.15, -0.1) is 0 Å². The van der Waals surface area contributed by atoms with Crippen molar-refractivity contribution in [1.82, 2.24) is 0 Å². The number of unbranched alkanes of at least 4 members (excludes halogenated alkanes) is 3. The van der Waals surface area contributed by atoms with E-state index in [1.165, 1.54) is 25.7 Å². The van der Waals surface area contributed by atoms with Crippen LogP contribution >= 0.6 is 0 Å². The molecule has 0 heterocycles. The highest BCUT2D eigenvalue weighted by molar-refractivity contribution is 4.84. The largest absolute Gasteiger partial charge is 0.393 e. The highest BCUT2D eigenvalue weighted by Crippen LogP contribution is 2.07. The van der Waals surface area contributed by atoms with Crippen molar-refractivity contribution in [3.05, 3.63) is 12.2 Å². The lowest BCUT2D eigenvalue weighted by atomic mass is 10.0. The van der Waals surface area contributed by atoms with Crippen LogP contribution in [0.5, 0.6) is 0 Å². The van der Waals surface area contributed by atoms with E-state index in [4.69, 9.17) is 0 Å². The second-order valence-electron chi connectivity index (χ2n) is 4.01. The molecule has 1 N–H and O–H groups in total. The van der Waals surface area contributed by atoms with Gasteiger partial charge in [0.25, 0.3) is 0 Å². The molecule has 0 amide bonds. The van der Waals surface area contributed by atoms with Crippen molar-refractivity contribution < 1.29 is 5.11 Å². The highest BCUT2D eigenvalue weighted by Gasteiger charge is 2.05. The number of aliphatic hydroxyl groups is 1. The van der Waals surface area contributed by atoms with Crippen LogP contribution in [0.25, 0.3) is 0 Å². The number of aliphatic hydroxyl groups excluding tert-OH is 1. The van der Waals surface area contributed by atoms with E-state index in [2.05, 4.69) is 32.9 Å². The van der Waals surface area contributed by atoms with E-state index in [9.17, 15) is 5.11 Å². The monoisotopic (exact) mass is 184 g/mol. The Labute approximate surface area is 82.9 Å². The Kier molecular flexibility index (Phi) is 8.11. The van der Waals surface area contributed by atoms with Crippen LogP contribution in [0.3, 0.4) is 0 Å². The van der Waals surface area contributed by atoms with Gasteiger partial charge in [-0.3, -0.25) is 0 Å². The minimum atomic E-state index is -0.164. The third-order valence-corrected chi connectivity index (χ3v) is 2.29. The van der Waals surface area contributed by atoms with Crippen molar-refractivity contribution in [2.45, 2.75) is 59.0 Å². The predicted octanol–water partition coefficient (Wildman–Crippen LogP) is 3.53. The molecule has 78 valence electrons. The van der Waals surface area contributed by atoms with Crippen LogP contribution in [0.4, 0.5) is 0 Å². The summed E-state index contributed by atoms with van der Waals surface area (Å²) in [6.45, 7) is 6.32. The second kappa shape index (κ2) is 8.31. The minimum Gasteiger partial charge on any atom is -0.393 e. The first-order valence-electron chi connectivity index (χ1n) is 5.51. The van der Waals surface area contributed by atoms with E-state index in [0.717, 1.165) is 6.42 Å². The molecular weight excluding hydrogens is 160 g/mol. The SMILES string of the molecule is CCCCC/C=C/CC(O)C(C)C. The fourth-order valence-electron chi connectivity index (χ4n) is 1.14. The maximum absolute atomic E-state index is 9.48. The third-order valence-electron chi connectivity index (χ3n) is 2.29. The summed E-state index contributed by atoms with van der Waals surface area (Å²) in [5.41, 5.74) is 0. The summed E-state index contributed by atoms with van der Waals surface area (Å²) in [4.78, 5) is 0. The molecule has 0 aromatic rings. The van der Waals surface area contributed by atoms with Crippen molar-refractivity contribution in [3.63, 3.8) is 0 Å². The Morgan fingerprint density at radius 2 is 1.85 bits per heavy atom. The molecule has 0 aromatic carbocycles. The molecule has 1 heteroatoms. The van der Waals surface area contributed by atoms with Gasteiger partial charge in [-0.05, 0) is 25.2 Å². The van der Waals surface area contributed by atoms with Crippen molar-refractivity contribution in [1.29, 1.82) is 0 Å². The van der Waals surface area contributed by atoms with Crippen molar-refractivity contribution in [2.24, 2.45) is 5.92 Å². The number of hydrogen-bond donors (Lipinski definition) is 1. The van der Waals surface area contributed by atoms with Gasteiger partial charge in [0.15, 0.2) is 0 Å². The molecule has 0 spiro atoms. The summed E-state index contributed by atoms with van der Waals surface area (Å²) in [7, 11) is 0. The van der Waals surface area contributed by atoms with Crippen molar-refractivity contribution in [2.75, 3.05) is 0 Å². The lowest BCUT2D eigenvalue weighted by Gasteiger charge is -2.10.